The van der Waals surface area contributed by atoms with Crippen molar-refractivity contribution in [3.63, 3.8) is 0 Å². The Labute approximate surface area is 90.3 Å². The van der Waals surface area contributed by atoms with Crippen molar-refractivity contribution in [2.45, 2.75) is 31.6 Å². The van der Waals surface area contributed by atoms with E-state index in [9.17, 15) is 0 Å². The molecular formula is C12H17NS. The zero-order chi connectivity index (χ0) is 9.97. The van der Waals surface area contributed by atoms with Crippen LogP contribution in [0.1, 0.15) is 19.4 Å². The highest BCUT2D eigenvalue weighted by Crippen LogP contribution is 2.27. The Bertz CT molecular complexity index is 284. The fourth-order valence-electron chi connectivity index (χ4n) is 1.78. The van der Waals surface area contributed by atoms with Gasteiger partial charge in [0.25, 0.3) is 0 Å². The van der Waals surface area contributed by atoms with Crippen LogP contribution in [0.2, 0.25) is 0 Å². The molecule has 0 saturated heterocycles. The Morgan fingerprint density at radius 3 is 2.93 bits per heavy atom. The van der Waals surface area contributed by atoms with Gasteiger partial charge in [0.2, 0.25) is 0 Å². The van der Waals surface area contributed by atoms with Crippen LogP contribution in [0, 0.1) is 0 Å². The number of nitrogens with one attached hydrogen (secondary N) is 1. The summed E-state index contributed by atoms with van der Waals surface area (Å²) in [6.07, 6.45) is 1.19. The van der Waals surface area contributed by atoms with Gasteiger partial charge in [-0.15, -0.1) is 0 Å². The summed E-state index contributed by atoms with van der Waals surface area (Å²) in [5.74, 6) is 1.21. The molecule has 0 radical (unpaired) electrons. The lowest BCUT2D eigenvalue weighted by Gasteiger charge is -2.12. The lowest BCUT2D eigenvalue weighted by atomic mass is 10.1. The molecule has 1 aliphatic heterocycles. The van der Waals surface area contributed by atoms with Gasteiger partial charge >= 0.3 is 0 Å². The van der Waals surface area contributed by atoms with Crippen LogP contribution in [-0.4, -0.2) is 17.0 Å². The quantitative estimate of drug-likeness (QED) is 0.817. The molecular weight excluding hydrogens is 190 g/mol. The van der Waals surface area contributed by atoms with E-state index in [4.69, 9.17) is 0 Å². The van der Waals surface area contributed by atoms with Gasteiger partial charge < -0.3 is 5.32 Å². The number of rotatable bonds is 3. The Hall–Kier alpha value is -0.630. The van der Waals surface area contributed by atoms with Crippen LogP contribution in [0.15, 0.2) is 24.3 Å². The number of fused-ring (bicyclic) bond motifs is 1. The molecule has 0 amide bonds. The molecule has 1 nitrogen and oxygen atoms in total. The minimum atomic E-state index is 0.639. The highest BCUT2D eigenvalue weighted by molar-refractivity contribution is 7.99. The largest absolute Gasteiger partial charge is 0.381 e. The van der Waals surface area contributed by atoms with Crippen molar-refractivity contribution in [2.75, 3.05) is 11.1 Å². The highest BCUT2D eigenvalue weighted by Gasteiger charge is 2.19. The molecule has 0 aromatic heterocycles. The molecule has 1 N–H and O–H groups in total. The average Bonchev–Trinajstić information content (AvgIpc) is 2.57. The van der Waals surface area contributed by atoms with E-state index in [0.717, 1.165) is 5.25 Å². The van der Waals surface area contributed by atoms with Crippen LogP contribution in [-0.2, 0) is 6.42 Å². The van der Waals surface area contributed by atoms with E-state index in [2.05, 4.69) is 43.4 Å². The van der Waals surface area contributed by atoms with Crippen LogP contribution >= 0.6 is 11.8 Å². The summed E-state index contributed by atoms with van der Waals surface area (Å²) in [6.45, 7) is 4.51. The normalized spacial score (nSPS) is 19.5. The number of thioether (sulfide) groups is 1. The van der Waals surface area contributed by atoms with Gasteiger partial charge in [-0.05, 0) is 23.3 Å². The van der Waals surface area contributed by atoms with Gasteiger partial charge in [-0.1, -0.05) is 32.0 Å². The second-order valence-corrected chi connectivity index (χ2v) is 5.69. The van der Waals surface area contributed by atoms with Crippen molar-refractivity contribution in [1.29, 1.82) is 0 Å². The zero-order valence-electron chi connectivity index (χ0n) is 8.79. The summed E-state index contributed by atoms with van der Waals surface area (Å²) in [6, 6.07) is 9.26. The van der Waals surface area contributed by atoms with Gasteiger partial charge in [0.05, 0.1) is 0 Å². The van der Waals surface area contributed by atoms with E-state index in [0.29, 0.717) is 6.04 Å². The monoisotopic (exact) mass is 207 g/mol. The van der Waals surface area contributed by atoms with Crippen LogP contribution in [0.25, 0.3) is 0 Å². The number of benzene rings is 1. The third kappa shape index (κ3) is 2.24. The van der Waals surface area contributed by atoms with Crippen molar-refractivity contribution in [1.82, 2.24) is 0 Å². The smallest absolute Gasteiger partial charge is 0.0393 e. The number of anilines is 1. The lowest BCUT2D eigenvalue weighted by molar-refractivity contribution is 0.848. The van der Waals surface area contributed by atoms with Crippen LogP contribution in [0.4, 0.5) is 5.69 Å². The fraction of sp³-hybridized carbons (Fsp3) is 0.500. The molecule has 1 heterocycles. The molecule has 2 heteroatoms. The summed E-state index contributed by atoms with van der Waals surface area (Å²) in [5.41, 5.74) is 2.81. The van der Waals surface area contributed by atoms with Crippen LogP contribution in [0.3, 0.4) is 0 Å². The second-order valence-electron chi connectivity index (χ2n) is 4.08. The van der Waals surface area contributed by atoms with E-state index < -0.39 is 0 Å². The van der Waals surface area contributed by atoms with Crippen LogP contribution < -0.4 is 5.32 Å². The van der Waals surface area contributed by atoms with Gasteiger partial charge in [-0.25, -0.2) is 0 Å². The second kappa shape index (κ2) is 4.26. The SMILES string of the molecule is CC(C)SCC1Cc2ccccc2N1. The predicted octanol–water partition coefficient (Wildman–Crippen LogP) is 3.16. The molecule has 0 spiro atoms. The van der Waals surface area contributed by atoms with E-state index in [1.165, 1.54) is 23.4 Å². The van der Waals surface area contributed by atoms with Gasteiger partial charge in [-0.3, -0.25) is 0 Å². The Morgan fingerprint density at radius 2 is 2.21 bits per heavy atom. The molecule has 0 bridgehead atoms. The van der Waals surface area contributed by atoms with Crippen molar-refractivity contribution in [3.05, 3.63) is 29.8 Å². The van der Waals surface area contributed by atoms with Gasteiger partial charge in [0.15, 0.2) is 0 Å². The topological polar surface area (TPSA) is 12.0 Å². The Balaban J connectivity index is 1.92. The maximum absolute atomic E-state index is 3.57. The van der Waals surface area contributed by atoms with Crippen molar-refractivity contribution >= 4 is 17.4 Å². The molecule has 0 aliphatic carbocycles. The van der Waals surface area contributed by atoms with Crippen molar-refractivity contribution in [2.24, 2.45) is 0 Å². The number of hydrogen-bond acceptors (Lipinski definition) is 2. The van der Waals surface area contributed by atoms with Crippen molar-refractivity contribution < 1.29 is 0 Å². The zero-order valence-corrected chi connectivity index (χ0v) is 9.60. The summed E-state index contributed by atoms with van der Waals surface area (Å²) in [7, 11) is 0. The molecule has 2 rings (SSSR count). The maximum Gasteiger partial charge on any atom is 0.0393 e. The van der Waals surface area contributed by atoms with E-state index >= 15 is 0 Å². The molecule has 0 saturated carbocycles. The molecule has 1 aromatic rings. The van der Waals surface area contributed by atoms with Gasteiger partial charge in [0, 0.05) is 17.5 Å². The van der Waals surface area contributed by atoms with E-state index in [1.807, 2.05) is 11.8 Å². The fourth-order valence-corrected chi connectivity index (χ4v) is 2.60. The van der Waals surface area contributed by atoms with E-state index in [-0.39, 0.29) is 0 Å². The van der Waals surface area contributed by atoms with Gasteiger partial charge in [0.1, 0.15) is 0 Å². The maximum atomic E-state index is 3.57. The molecule has 1 unspecified atom stereocenters. The highest BCUT2D eigenvalue weighted by atomic mass is 32.2. The standard InChI is InChI=1S/C12H17NS/c1-9(2)14-8-11-7-10-5-3-4-6-12(10)13-11/h3-6,9,11,13H,7-8H2,1-2H3. The molecule has 1 atom stereocenters. The predicted molar refractivity (Wildman–Crippen MR) is 65.2 cm³/mol. The van der Waals surface area contributed by atoms with E-state index in [1.54, 1.807) is 0 Å². The Morgan fingerprint density at radius 1 is 1.43 bits per heavy atom. The number of hydrogen-bond donors (Lipinski definition) is 1. The molecule has 14 heavy (non-hydrogen) atoms. The summed E-state index contributed by atoms with van der Waals surface area (Å²) >= 11 is 2.04. The Kier molecular flexibility index (Phi) is 3.02. The molecule has 76 valence electrons. The first-order valence-electron chi connectivity index (χ1n) is 5.22. The van der Waals surface area contributed by atoms with Gasteiger partial charge in [-0.2, -0.15) is 11.8 Å². The first-order chi connectivity index (χ1) is 6.75. The third-order valence-electron chi connectivity index (χ3n) is 2.47. The number of para-hydroxylation sites is 1. The summed E-state index contributed by atoms with van der Waals surface area (Å²) < 4.78 is 0. The summed E-state index contributed by atoms with van der Waals surface area (Å²) in [5, 5.41) is 4.31. The lowest BCUT2D eigenvalue weighted by Crippen LogP contribution is -2.19. The molecule has 1 aromatic carbocycles. The first kappa shape index (κ1) is 9.91. The molecule has 1 aliphatic rings. The van der Waals surface area contributed by atoms with Crippen molar-refractivity contribution in [3.8, 4) is 0 Å². The summed E-state index contributed by atoms with van der Waals surface area (Å²) in [4.78, 5) is 0. The first-order valence-corrected chi connectivity index (χ1v) is 6.26. The third-order valence-corrected chi connectivity index (χ3v) is 3.74. The van der Waals surface area contributed by atoms with Crippen LogP contribution in [0.5, 0.6) is 0 Å². The molecule has 0 fully saturated rings. The minimum Gasteiger partial charge on any atom is -0.381 e. The average molecular weight is 207 g/mol. The minimum absolute atomic E-state index is 0.639.